The average molecular weight is 487 g/mol. The standard InChI is InChI=1S/C27H22N2O5S/c1-15-4-6-16(7-5-15)23-22(24(30)17-8-10-18(33-2)11-9-17)25(31)26(32)29(23)27-28-20-13-12-19(34-3)14-21(20)35-27/h4-14,23,30H,1-3H3. The molecule has 1 aromatic heterocycles. The molecule has 0 saturated carbocycles. The number of ketones is 1. The van der Waals surface area contributed by atoms with Crippen molar-refractivity contribution in [2.75, 3.05) is 19.1 Å². The summed E-state index contributed by atoms with van der Waals surface area (Å²) in [6.07, 6.45) is 0. The highest BCUT2D eigenvalue weighted by molar-refractivity contribution is 7.22. The second kappa shape index (κ2) is 8.88. The van der Waals surface area contributed by atoms with Crippen molar-refractivity contribution in [1.29, 1.82) is 0 Å². The molecule has 5 rings (SSSR count). The van der Waals surface area contributed by atoms with Gasteiger partial charge in [0.1, 0.15) is 17.3 Å². The highest BCUT2D eigenvalue weighted by Crippen LogP contribution is 2.44. The predicted molar refractivity (Wildman–Crippen MR) is 135 cm³/mol. The Balaban J connectivity index is 1.69. The van der Waals surface area contributed by atoms with Crippen LogP contribution in [-0.2, 0) is 9.59 Å². The van der Waals surface area contributed by atoms with E-state index in [1.807, 2.05) is 43.3 Å². The maximum atomic E-state index is 13.4. The fourth-order valence-corrected chi connectivity index (χ4v) is 5.14. The number of benzene rings is 3. The predicted octanol–water partition coefficient (Wildman–Crippen LogP) is 5.25. The lowest BCUT2D eigenvalue weighted by molar-refractivity contribution is -0.132. The maximum Gasteiger partial charge on any atom is 0.301 e. The number of anilines is 1. The largest absolute Gasteiger partial charge is 0.507 e. The summed E-state index contributed by atoms with van der Waals surface area (Å²) in [7, 11) is 3.13. The Morgan fingerprint density at radius 2 is 1.60 bits per heavy atom. The number of carbonyl (C=O) groups is 2. The lowest BCUT2D eigenvalue weighted by Crippen LogP contribution is -2.29. The van der Waals surface area contributed by atoms with Crippen LogP contribution < -0.4 is 14.4 Å². The topological polar surface area (TPSA) is 89.0 Å². The fraction of sp³-hybridized carbons (Fsp3) is 0.148. The minimum Gasteiger partial charge on any atom is -0.507 e. The molecule has 0 radical (unpaired) electrons. The summed E-state index contributed by atoms with van der Waals surface area (Å²) in [5, 5.41) is 11.6. The molecule has 1 fully saturated rings. The molecule has 2 heterocycles. The van der Waals surface area contributed by atoms with Gasteiger partial charge in [-0.3, -0.25) is 14.5 Å². The normalized spacial score (nSPS) is 17.2. The summed E-state index contributed by atoms with van der Waals surface area (Å²) in [6.45, 7) is 1.96. The Bertz CT molecular complexity index is 1470. The van der Waals surface area contributed by atoms with Gasteiger partial charge in [-0.2, -0.15) is 0 Å². The van der Waals surface area contributed by atoms with Crippen LogP contribution >= 0.6 is 11.3 Å². The van der Waals surface area contributed by atoms with Crippen LogP contribution in [-0.4, -0.2) is 36.0 Å². The van der Waals surface area contributed by atoms with Crippen LogP contribution in [0.1, 0.15) is 22.7 Å². The zero-order chi connectivity index (χ0) is 24.7. The van der Waals surface area contributed by atoms with Gasteiger partial charge in [-0.05, 0) is 55.0 Å². The van der Waals surface area contributed by atoms with Crippen molar-refractivity contribution in [2.24, 2.45) is 0 Å². The number of hydrogen-bond donors (Lipinski definition) is 1. The second-order valence-corrected chi connectivity index (χ2v) is 9.15. The first-order valence-corrected chi connectivity index (χ1v) is 11.7. The third-order valence-corrected chi connectivity index (χ3v) is 7.01. The molecule has 8 heteroatoms. The molecular formula is C27H22N2O5S. The molecule has 1 saturated heterocycles. The summed E-state index contributed by atoms with van der Waals surface area (Å²) in [4.78, 5) is 32.7. The van der Waals surface area contributed by atoms with Crippen LogP contribution in [0.15, 0.2) is 72.3 Å². The number of rotatable bonds is 5. The highest BCUT2D eigenvalue weighted by atomic mass is 32.1. The third kappa shape index (κ3) is 3.91. The number of aliphatic hydroxyl groups excluding tert-OH is 1. The summed E-state index contributed by atoms with van der Waals surface area (Å²) in [6, 6.07) is 18.8. The van der Waals surface area contributed by atoms with E-state index in [1.165, 1.54) is 16.2 Å². The van der Waals surface area contributed by atoms with E-state index < -0.39 is 17.7 Å². The number of methoxy groups -OCH3 is 2. The molecule has 1 aliphatic rings. The number of amides is 1. The van der Waals surface area contributed by atoms with Crippen molar-refractivity contribution in [2.45, 2.75) is 13.0 Å². The number of carbonyl (C=O) groups excluding carboxylic acids is 2. The quantitative estimate of drug-likeness (QED) is 0.236. The average Bonchev–Trinajstić information content (AvgIpc) is 3.41. The van der Waals surface area contributed by atoms with E-state index in [9.17, 15) is 14.7 Å². The fourth-order valence-electron chi connectivity index (χ4n) is 4.12. The second-order valence-electron chi connectivity index (χ2n) is 8.14. The number of nitrogens with zero attached hydrogens (tertiary/aromatic N) is 2. The van der Waals surface area contributed by atoms with Gasteiger partial charge in [-0.25, -0.2) is 4.98 Å². The number of aliphatic hydroxyl groups is 1. The van der Waals surface area contributed by atoms with E-state index in [4.69, 9.17) is 9.47 Å². The summed E-state index contributed by atoms with van der Waals surface area (Å²) < 4.78 is 11.3. The van der Waals surface area contributed by atoms with Crippen molar-refractivity contribution in [3.63, 3.8) is 0 Å². The first-order chi connectivity index (χ1) is 16.9. The minimum absolute atomic E-state index is 0.0147. The third-order valence-electron chi connectivity index (χ3n) is 5.99. The number of hydrogen-bond acceptors (Lipinski definition) is 7. The van der Waals surface area contributed by atoms with E-state index in [-0.39, 0.29) is 11.3 Å². The zero-order valence-corrected chi connectivity index (χ0v) is 20.1. The van der Waals surface area contributed by atoms with Crippen molar-refractivity contribution in [3.05, 3.63) is 89.0 Å². The van der Waals surface area contributed by atoms with Gasteiger partial charge in [0.15, 0.2) is 5.13 Å². The van der Waals surface area contributed by atoms with Gasteiger partial charge >= 0.3 is 5.91 Å². The molecule has 0 bridgehead atoms. The van der Waals surface area contributed by atoms with E-state index in [1.54, 1.807) is 44.6 Å². The highest BCUT2D eigenvalue weighted by Gasteiger charge is 2.48. The molecular weight excluding hydrogens is 464 g/mol. The Morgan fingerprint density at radius 1 is 0.943 bits per heavy atom. The van der Waals surface area contributed by atoms with Gasteiger partial charge in [-0.1, -0.05) is 41.2 Å². The van der Waals surface area contributed by atoms with Crippen molar-refractivity contribution < 1.29 is 24.2 Å². The molecule has 0 spiro atoms. The molecule has 4 aromatic rings. The SMILES string of the molecule is COc1ccc(C(O)=C2C(=O)C(=O)N(c3nc4ccc(OC)cc4s3)C2c2ccc(C)cc2)cc1. The number of thiazole rings is 1. The molecule has 1 atom stereocenters. The van der Waals surface area contributed by atoms with E-state index in [0.29, 0.717) is 33.3 Å². The van der Waals surface area contributed by atoms with E-state index in [0.717, 1.165) is 10.3 Å². The van der Waals surface area contributed by atoms with Crippen molar-refractivity contribution in [3.8, 4) is 11.5 Å². The van der Waals surface area contributed by atoms with Gasteiger partial charge in [0.25, 0.3) is 5.78 Å². The number of ether oxygens (including phenoxy) is 2. The van der Waals surface area contributed by atoms with Gasteiger partial charge in [0.2, 0.25) is 0 Å². The number of aromatic nitrogens is 1. The molecule has 1 aliphatic heterocycles. The monoisotopic (exact) mass is 486 g/mol. The maximum absolute atomic E-state index is 13.4. The van der Waals surface area contributed by atoms with Crippen LogP contribution in [0.2, 0.25) is 0 Å². The van der Waals surface area contributed by atoms with Crippen molar-refractivity contribution >= 4 is 44.1 Å². The molecule has 1 unspecified atom stereocenters. The van der Waals surface area contributed by atoms with E-state index >= 15 is 0 Å². The van der Waals surface area contributed by atoms with Crippen LogP contribution in [0.25, 0.3) is 16.0 Å². The van der Waals surface area contributed by atoms with Crippen LogP contribution in [0.3, 0.4) is 0 Å². The van der Waals surface area contributed by atoms with Crippen LogP contribution in [0, 0.1) is 6.92 Å². The van der Waals surface area contributed by atoms with Gasteiger partial charge in [0, 0.05) is 5.56 Å². The minimum atomic E-state index is -0.833. The first-order valence-electron chi connectivity index (χ1n) is 10.9. The summed E-state index contributed by atoms with van der Waals surface area (Å²) in [5.74, 6) is -0.467. The molecule has 35 heavy (non-hydrogen) atoms. The number of Topliss-reactive ketones (excluding diaryl/α,β-unsaturated/α-hetero) is 1. The molecule has 1 amide bonds. The Kier molecular flexibility index (Phi) is 5.74. The number of fused-ring (bicyclic) bond motifs is 1. The number of aryl methyl sites for hydroxylation is 1. The Labute approximate surface area is 205 Å². The first kappa shape index (κ1) is 22.6. The Morgan fingerprint density at radius 3 is 2.26 bits per heavy atom. The van der Waals surface area contributed by atoms with Crippen LogP contribution in [0.4, 0.5) is 5.13 Å². The summed E-state index contributed by atoms with van der Waals surface area (Å²) in [5.41, 5.74) is 2.84. The van der Waals surface area contributed by atoms with Gasteiger partial charge in [0.05, 0.1) is 36.1 Å². The summed E-state index contributed by atoms with van der Waals surface area (Å²) >= 11 is 1.29. The smallest absolute Gasteiger partial charge is 0.301 e. The lowest BCUT2D eigenvalue weighted by atomic mass is 9.95. The van der Waals surface area contributed by atoms with Gasteiger partial charge < -0.3 is 14.6 Å². The molecule has 176 valence electrons. The molecule has 3 aromatic carbocycles. The molecule has 1 N–H and O–H groups in total. The van der Waals surface area contributed by atoms with Gasteiger partial charge in [-0.15, -0.1) is 0 Å². The molecule has 7 nitrogen and oxygen atoms in total. The van der Waals surface area contributed by atoms with E-state index in [2.05, 4.69) is 4.98 Å². The Hall–Kier alpha value is -4.17. The van der Waals surface area contributed by atoms with Crippen molar-refractivity contribution in [1.82, 2.24) is 4.98 Å². The lowest BCUT2D eigenvalue weighted by Gasteiger charge is -2.23. The zero-order valence-electron chi connectivity index (χ0n) is 19.3. The molecule has 0 aliphatic carbocycles. The van der Waals surface area contributed by atoms with Crippen LogP contribution in [0.5, 0.6) is 11.5 Å².